The van der Waals surface area contributed by atoms with Crippen molar-refractivity contribution in [1.29, 1.82) is 0 Å². The Morgan fingerprint density at radius 3 is 2.80 bits per heavy atom. The van der Waals surface area contributed by atoms with Crippen molar-refractivity contribution in [3.8, 4) is 0 Å². The number of carbonyl (C=O) groups excluding carboxylic acids is 1. The zero-order chi connectivity index (χ0) is 14.7. The predicted octanol–water partition coefficient (Wildman–Crippen LogP) is 2.02. The molecule has 1 saturated heterocycles. The van der Waals surface area contributed by atoms with E-state index in [9.17, 15) is 14.7 Å². The van der Waals surface area contributed by atoms with E-state index in [4.69, 9.17) is 0 Å². The number of carbonyl (C=O) groups is 2. The SMILES string of the molecule is Cc1cccc(NC(=O)C2CCNC(C)C2)c1C(=O)O. The second kappa shape index (κ2) is 6.05. The molecule has 5 heteroatoms. The highest BCUT2D eigenvalue weighted by molar-refractivity contribution is 6.02. The summed E-state index contributed by atoms with van der Waals surface area (Å²) in [7, 11) is 0. The molecule has 1 aromatic carbocycles. The van der Waals surface area contributed by atoms with Gasteiger partial charge in [0.1, 0.15) is 0 Å². The highest BCUT2D eigenvalue weighted by atomic mass is 16.4. The largest absolute Gasteiger partial charge is 0.478 e. The maximum atomic E-state index is 12.3. The number of benzene rings is 1. The van der Waals surface area contributed by atoms with Crippen LogP contribution in [-0.4, -0.2) is 29.6 Å². The smallest absolute Gasteiger partial charge is 0.338 e. The van der Waals surface area contributed by atoms with Crippen LogP contribution in [0.4, 0.5) is 5.69 Å². The van der Waals surface area contributed by atoms with Gasteiger partial charge in [0.25, 0.3) is 0 Å². The number of anilines is 1. The van der Waals surface area contributed by atoms with Gasteiger partial charge in [0.05, 0.1) is 11.3 Å². The van der Waals surface area contributed by atoms with Crippen molar-refractivity contribution in [2.24, 2.45) is 5.92 Å². The van der Waals surface area contributed by atoms with Gasteiger partial charge >= 0.3 is 5.97 Å². The summed E-state index contributed by atoms with van der Waals surface area (Å²) in [5.41, 5.74) is 1.20. The first kappa shape index (κ1) is 14.5. The van der Waals surface area contributed by atoms with E-state index in [-0.39, 0.29) is 17.4 Å². The van der Waals surface area contributed by atoms with E-state index in [0.717, 1.165) is 19.4 Å². The molecule has 5 nitrogen and oxygen atoms in total. The molecule has 0 spiro atoms. The summed E-state index contributed by atoms with van der Waals surface area (Å²) in [6, 6.07) is 5.43. The van der Waals surface area contributed by atoms with Crippen LogP contribution in [0, 0.1) is 12.8 Å². The summed E-state index contributed by atoms with van der Waals surface area (Å²) in [4.78, 5) is 23.6. The van der Waals surface area contributed by atoms with Gasteiger partial charge in [0.15, 0.2) is 0 Å². The Hall–Kier alpha value is -1.88. The van der Waals surface area contributed by atoms with Crippen LogP contribution in [0.2, 0.25) is 0 Å². The molecule has 2 rings (SSSR count). The number of rotatable bonds is 3. The maximum Gasteiger partial charge on any atom is 0.338 e. The lowest BCUT2D eigenvalue weighted by molar-refractivity contribution is -0.120. The first-order valence-electron chi connectivity index (χ1n) is 6.86. The molecule has 20 heavy (non-hydrogen) atoms. The van der Waals surface area contributed by atoms with Crippen LogP contribution < -0.4 is 10.6 Å². The van der Waals surface area contributed by atoms with Gasteiger partial charge in [-0.05, 0) is 44.9 Å². The molecule has 0 aromatic heterocycles. The van der Waals surface area contributed by atoms with Crippen molar-refractivity contribution < 1.29 is 14.7 Å². The molecule has 108 valence electrons. The topological polar surface area (TPSA) is 78.4 Å². The summed E-state index contributed by atoms with van der Waals surface area (Å²) in [6.45, 7) is 4.60. The molecule has 0 aliphatic carbocycles. The molecule has 0 radical (unpaired) electrons. The monoisotopic (exact) mass is 276 g/mol. The average molecular weight is 276 g/mol. The van der Waals surface area contributed by atoms with Gasteiger partial charge in [-0.1, -0.05) is 12.1 Å². The fourth-order valence-corrected chi connectivity index (χ4v) is 2.66. The van der Waals surface area contributed by atoms with Crippen molar-refractivity contribution in [3.63, 3.8) is 0 Å². The Morgan fingerprint density at radius 1 is 1.40 bits per heavy atom. The first-order chi connectivity index (χ1) is 9.49. The van der Waals surface area contributed by atoms with Crippen molar-refractivity contribution in [3.05, 3.63) is 29.3 Å². The molecule has 2 atom stereocenters. The molecular formula is C15H20N2O3. The van der Waals surface area contributed by atoms with Crippen LogP contribution >= 0.6 is 0 Å². The molecule has 1 aliphatic heterocycles. The lowest BCUT2D eigenvalue weighted by atomic mass is 9.92. The van der Waals surface area contributed by atoms with Crippen LogP contribution in [0.25, 0.3) is 0 Å². The number of hydrogen-bond donors (Lipinski definition) is 3. The van der Waals surface area contributed by atoms with Crippen molar-refractivity contribution in [2.45, 2.75) is 32.7 Å². The fourth-order valence-electron chi connectivity index (χ4n) is 2.66. The van der Waals surface area contributed by atoms with Crippen LogP contribution in [0.15, 0.2) is 18.2 Å². The van der Waals surface area contributed by atoms with E-state index in [2.05, 4.69) is 17.6 Å². The third-order valence-corrected chi connectivity index (χ3v) is 3.74. The van der Waals surface area contributed by atoms with E-state index >= 15 is 0 Å². The Kier molecular flexibility index (Phi) is 4.39. The predicted molar refractivity (Wildman–Crippen MR) is 77.0 cm³/mol. The quantitative estimate of drug-likeness (QED) is 0.789. The maximum absolute atomic E-state index is 12.3. The second-order valence-electron chi connectivity index (χ2n) is 5.37. The summed E-state index contributed by atoms with van der Waals surface area (Å²) in [6.07, 6.45) is 1.56. The number of amides is 1. The van der Waals surface area contributed by atoms with Gasteiger partial charge in [-0.15, -0.1) is 0 Å². The third-order valence-electron chi connectivity index (χ3n) is 3.74. The van der Waals surface area contributed by atoms with Crippen LogP contribution in [0.5, 0.6) is 0 Å². The lowest BCUT2D eigenvalue weighted by Gasteiger charge is -2.27. The Morgan fingerprint density at radius 2 is 2.15 bits per heavy atom. The van der Waals surface area contributed by atoms with Gasteiger partial charge in [0.2, 0.25) is 5.91 Å². The lowest BCUT2D eigenvalue weighted by Crippen LogP contribution is -2.40. The second-order valence-corrected chi connectivity index (χ2v) is 5.37. The number of aromatic carboxylic acids is 1. The number of nitrogens with one attached hydrogen (secondary N) is 2. The Labute approximate surface area is 118 Å². The summed E-state index contributed by atoms with van der Waals surface area (Å²) in [5, 5.41) is 15.3. The summed E-state index contributed by atoms with van der Waals surface area (Å²) < 4.78 is 0. The zero-order valence-electron chi connectivity index (χ0n) is 11.8. The molecule has 2 unspecified atom stereocenters. The molecule has 1 fully saturated rings. The molecule has 1 aliphatic rings. The first-order valence-corrected chi connectivity index (χ1v) is 6.86. The molecule has 0 saturated carbocycles. The average Bonchev–Trinajstić information content (AvgIpc) is 2.38. The number of carboxylic acids is 1. The summed E-state index contributed by atoms with van der Waals surface area (Å²) >= 11 is 0. The minimum absolute atomic E-state index is 0.0617. The van der Waals surface area contributed by atoms with E-state index in [1.165, 1.54) is 0 Å². The number of aryl methyl sites for hydroxylation is 1. The van der Waals surface area contributed by atoms with Gasteiger partial charge < -0.3 is 15.7 Å². The van der Waals surface area contributed by atoms with Crippen LogP contribution in [-0.2, 0) is 4.79 Å². The van der Waals surface area contributed by atoms with Gasteiger partial charge in [-0.25, -0.2) is 4.79 Å². The van der Waals surface area contributed by atoms with Crippen molar-refractivity contribution in [1.82, 2.24) is 5.32 Å². The minimum Gasteiger partial charge on any atom is -0.478 e. The number of hydrogen-bond acceptors (Lipinski definition) is 3. The Balaban J connectivity index is 2.15. The molecule has 0 bridgehead atoms. The van der Waals surface area contributed by atoms with Gasteiger partial charge in [-0.2, -0.15) is 0 Å². The third kappa shape index (κ3) is 3.17. The van der Waals surface area contributed by atoms with E-state index < -0.39 is 5.97 Å². The van der Waals surface area contributed by atoms with Crippen LogP contribution in [0.3, 0.4) is 0 Å². The standard InChI is InChI=1S/C15H20N2O3/c1-9-4-3-5-12(13(9)15(19)20)17-14(18)11-6-7-16-10(2)8-11/h3-5,10-11,16H,6-8H2,1-2H3,(H,17,18)(H,19,20). The summed E-state index contributed by atoms with van der Waals surface area (Å²) in [5.74, 6) is -1.17. The van der Waals surface area contributed by atoms with Crippen molar-refractivity contribution in [2.75, 3.05) is 11.9 Å². The molecule has 1 aromatic rings. The molecule has 3 N–H and O–H groups in total. The number of carboxylic acid groups (broad SMARTS) is 1. The van der Waals surface area contributed by atoms with E-state index in [1.54, 1.807) is 25.1 Å². The zero-order valence-corrected chi connectivity index (χ0v) is 11.8. The highest BCUT2D eigenvalue weighted by Gasteiger charge is 2.25. The highest BCUT2D eigenvalue weighted by Crippen LogP contribution is 2.23. The molecule has 1 amide bonds. The molecular weight excluding hydrogens is 256 g/mol. The van der Waals surface area contributed by atoms with Gasteiger partial charge in [0, 0.05) is 12.0 Å². The Bertz CT molecular complexity index is 528. The van der Waals surface area contributed by atoms with Crippen molar-refractivity contribution >= 4 is 17.6 Å². The number of piperidine rings is 1. The van der Waals surface area contributed by atoms with E-state index in [0.29, 0.717) is 17.3 Å². The fraction of sp³-hybridized carbons (Fsp3) is 0.467. The van der Waals surface area contributed by atoms with Crippen LogP contribution in [0.1, 0.15) is 35.7 Å². The van der Waals surface area contributed by atoms with E-state index in [1.807, 2.05) is 0 Å². The van der Waals surface area contributed by atoms with Gasteiger partial charge in [-0.3, -0.25) is 4.79 Å². The molecule has 1 heterocycles. The normalized spacial score (nSPS) is 22.3. The minimum atomic E-state index is -1.02.